The number of hydrogen-bond donors (Lipinski definition) is 2. The standard InChI is InChI=1S/C15H20F4N2O2/c1-14(2,3)23-13(22)21-8-10(7-20)9-4-11(15(17,18)19)6-12(16)5-9/h4-6,10H,7-8,20H2,1-3H3,(H,21,22). The number of ether oxygens (including phenoxy) is 1. The van der Waals surface area contributed by atoms with Crippen molar-refractivity contribution in [2.24, 2.45) is 5.73 Å². The number of carbonyl (C=O) groups excluding carboxylic acids is 1. The summed E-state index contributed by atoms with van der Waals surface area (Å²) in [6.07, 6.45) is -5.38. The summed E-state index contributed by atoms with van der Waals surface area (Å²) in [5.41, 5.74) is 3.80. The third kappa shape index (κ3) is 6.43. The number of alkyl halides is 3. The lowest BCUT2D eigenvalue weighted by molar-refractivity contribution is -0.137. The van der Waals surface area contributed by atoms with E-state index in [2.05, 4.69) is 5.32 Å². The number of nitrogens with one attached hydrogen (secondary N) is 1. The van der Waals surface area contributed by atoms with Crippen LogP contribution in [0.3, 0.4) is 0 Å². The van der Waals surface area contributed by atoms with Gasteiger partial charge >= 0.3 is 12.3 Å². The fourth-order valence-electron chi connectivity index (χ4n) is 1.87. The van der Waals surface area contributed by atoms with Gasteiger partial charge in [0.15, 0.2) is 0 Å². The Morgan fingerprint density at radius 2 is 1.87 bits per heavy atom. The fraction of sp³-hybridized carbons (Fsp3) is 0.533. The molecule has 0 fully saturated rings. The van der Waals surface area contributed by atoms with Gasteiger partial charge in [-0.15, -0.1) is 0 Å². The molecule has 1 amide bonds. The molecule has 1 aromatic carbocycles. The number of amides is 1. The van der Waals surface area contributed by atoms with Gasteiger partial charge < -0.3 is 15.8 Å². The van der Waals surface area contributed by atoms with Crippen molar-refractivity contribution in [2.75, 3.05) is 13.1 Å². The number of hydrogen-bond acceptors (Lipinski definition) is 3. The summed E-state index contributed by atoms with van der Waals surface area (Å²) < 4.78 is 56.6. The zero-order valence-corrected chi connectivity index (χ0v) is 13.1. The Morgan fingerprint density at radius 1 is 1.26 bits per heavy atom. The molecule has 0 aromatic heterocycles. The SMILES string of the molecule is CC(C)(C)OC(=O)NCC(CN)c1cc(F)cc(C(F)(F)F)c1. The molecule has 1 rings (SSSR count). The van der Waals surface area contributed by atoms with Gasteiger partial charge in [0.05, 0.1) is 5.56 Å². The lowest BCUT2D eigenvalue weighted by Gasteiger charge is -2.22. The average molecular weight is 336 g/mol. The lowest BCUT2D eigenvalue weighted by Crippen LogP contribution is -2.36. The van der Waals surface area contributed by atoms with Crippen molar-refractivity contribution in [3.8, 4) is 0 Å². The first-order valence-corrected chi connectivity index (χ1v) is 6.97. The minimum Gasteiger partial charge on any atom is -0.444 e. The van der Waals surface area contributed by atoms with Crippen LogP contribution in [0.2, 0.25) is 0 Å². The molecule has 1 aromatic rings. The number of halogens is 4. The number of rotatable bonds is 4. The maximum absolute atomic E-state index is 13.4. The van der Waals surface area contributed by atoms with Crippen LogP contribution in [0.1, 0.15) is 37.8 Å². The summed E-state index contributed by atoms with van der Waals surface area (Å²) in [6, 6.07) is 2.22. The van der Waals surface area contributed by atoms with Gasteiger partial charge in [-0.1, -0.05) is 0 Å². The summed E-state index contributed by atoms with van der Waals surface area (Å²) in [5, 5.41) is 2.42. The van der Waals surface area contributed by atoms with E-state index in [-0.39, 0.29) is 18.7 Å². The predicted molar refractivity (Wildman–Crippen MR) is 77.4 cm³/mol. The highest BCUT2D eigenvalue weighted by Crippen LogP contribution is 2.31. The number of benzene rings is 1. The van der Waals surface area contributed by atoms with E-state index in [1.54, 1.807) is 20.8 Å². The van der Waals surface area contributed by atoms with Gasteiger partial charge in [0.1, 0.15) is 11.4 Å². The Labute approximate surface area is 132 Å². The Hall–Kier alpha value is -1.83. The molecule has 1 unspecified atom stereocenters. The zero-order valence-electron chi connectivity index (χ0n) is 13.1. The second kappa shape index (κ2) is 7.16. The van der Waals surface area contributed by atoms with E-state index in [1.807, 2.05) is 0 Å². The highest BCUT2D eigenvalue weighted by Gasteiger charge is 2.32. The molecule has 0 aliphatic carbocycles. The predicted octanol–water partition coefficient (Wildman–Crippen LogP) is 3.41. The molecular formula is C15H20F4N2O2. The van der Waals surface area contributed by atoms with E-state index in [1.165, 1.54) is 0 Å². The highest BCUT2D eigenvalue weighted by molar-refractivity contribution is 5.67. The van der Waals surface area contributed by atoms with Crippen molar-refractivity contribution in [2.45, 2.75) is 38.5 Å². The molecule has 4 nitrogen and oxygen atoms in total. The number of alkyl carbamates (subject to hydrolysis) is 1. The Bertz CT molecular complexity index is 553. The van der Waals surface area contributed by atoms with Gasteiger partial charge in [-0.3, -0.25) is 0 Å². The molecule has 0 radical (unpaired) electrons. The van der Waals surface area contributed by atoms with Crippen LogP contribution in [0.25, 0.3) is 0 Å². The molecule has 0 aliphatic rings. The van der Waals surface area contributed by atoms with Gasteiger partial charge in [-0.2, -0.15) is 13.2 Å². The maximum atomic E-state index is 13.4. The molecule has 1 atom stereocenters. The topological polar surface area (TPSA) is 64.3 Å². The molecule has 0 saturated carbocycles. The van der Waals surface area contributed by atoms with Crippen LogP contribution in [-0.2, 0) is 10.9 Å². The molecule has 0 saturated heterocycles. The number of nitrogens with two attached hydrogens (primary N) is 1. The first-order chi connectivity index (χ1) is 10.4. The van der Waals surface area contributed by atoms with Crippen molar-refractivity contribution in [3.05, 3.63) is 35.1 Å². The van der Waals surface area contributed by atoms with Gasteiger partial charge in [0.25, 0.3) is 0 Å². The lowest BCUT2D eigenvalue weighted by atomic mass is 9.97. The van der Waals surface area contributed by atoms with Crippen LogP contribution in [0, 0.1) is 5.82 Å². The van der Waals surface area contributed by atoms with E-state index in [0.717, 1.165) is 12.1 Å². The molecular weight excluding hydrogens is 316 g/mol. The highest BCUT2D eigenvalue weighted by atomic mass is 19.4. The smallest absolute Gasteiger partial charge is 0.416 e. The van der Waals surface area contributed by atoms with Crippen LogP contribution in [-0.4, -0.2) is 24.8 Å². The fourth-order valence-corrected chi connectivity index (χ4v) is 1.87. The van der Waals surface area contributed by atoms with Gasteiger partial charge in [0.2, 0.25) is 0 Å². The van der Waals surface area contributed by atoms with Crippen LogP contribution in [0.5, 0.6) is 0 Å². The van der Waals surface area contributed by atoms with Crippen LogP contribution in [0.4, 0.5) is 22.4 Å². The normalized spacial score (nSPS) is 13.6. The molecule has 23 heavy (non-hydrogen) atoms. The van der Waals surface area contributed by atoms with Crippen molar-refractivity contribution in [1.82, 2.24) is 5.32 Å². The van der Waals surface area contributed by atoms with Crippen molar-refractivity contribution >= 4 is 6.09 Å². The van der Waals surface area contributed by atoms with E-state index in [9.17, 15) is 22.4 Å². The van der Waals surface area contributed by atoms with E-state index < -0.39 is 35.2 Å². The summed E-state index contributed by atoms with van der Waals surface area (Å²) in [4.78, 5) is 11.6. The molecule has 8 heteroatoms. The maximum Gasteiger partial charge on any atom is 0.416 e. The Kier molecular flexibility index (Phi) is 5.98. The van der Waals surface area contributed by atoms with Gasteiger partial charge in [0, 0.05) is 19.0 Å². The summed E-state index contributed by atoms with van der Waals surface area (Å²) in [5.74, 6) is -1.68. The van der Waals surface area contributed by atoms with Gasteiger partial charge in [-0.25, -0.2) is 9.18 Å². The second-order valence-electron chi connectivity index (χ2n) is 6.09. The molecule has 0 aliphatic heterocycles. The third-order valence-electron chi connectivity index (χ3n) is 2.90. The summed E-state index contributed by atoms with van der Waals surface area (Å²) in [7, 11) is 0. The molecule has 0 bridgehead atoms. The van der Waals surface area contributed by atoms with Crippen LogP contribution >= 0.6 is 0 Å². The third-order valence-corrected chi connectivity index (χ3v) is 2.90. The first kappa shape index (κ1) is 19.2. The largest absolute Gasteiger partial charge is 0.444 e. The Morgan fingerprint density at radius 3 is 2.35 bits per heavy atom. The molecule has 0 spiro atoms. The van der Waals surface area contributed by atoms with Crippen LogP contribution < -0.4 is 11.1 Å². The van der Waals surface area contributed by atoms with Crippen molar-refractivity contribution < 1.29 is 27.1 Å². The zero-order chi connectivity index (χ0) is 17.8. The second-order valence-corrected chi connectivity index (χ2v) is 6.09. The summed E-state index contributed by atoms with van der Waals surface area (Å²) >= 11 is 0. The summed E-state index contributed by atoms with van der Waals surface area (Å²) in [6.45, 7) is 4.90. The minimum atomic E-state index is -4.66. The van der Waals surface area contributed by atoms with Crippen molar-refractivity contribution in [3.63, 3.8) is 0 Å². The Balaban J connectivity index is 2.86. The quantitative estimate of drug-likeness (QED) is 0.828. The minimum absolute atomic E-state index is 0.0590. The van der Waals surface area contributed by atoms with E-state index >= 15 is 0 Å². The van der Waals surface area contributed by atoms with Crippen molar-refractivity contribution in [1.29, 1.82) is 0 Å². The first-order valence-electron chi connectivity index (χ1n) is 6.97. The van der Waals surface area contributed by atoms with Crippen LogP contribution in [0.15, 0.2) is 18.2 Å². The van der Waals surface area contributed by atoms with Gasteiger partial charge in [-0.05, 0) is 44.5 Å². The molecule has 3 N–H and O–H groups in total. The monoisotopic (exact) mass is 336 g/mol. The average Bonchev–Trinajstić information content (AvgIpc) is 2.35. The van der Waals surface area contributed by atoms with E-state index in [4.69, 9.17) is 10.5 Å². The molecule has 0 heterocycles. The number of carbonyl (C=O) groups is 1. The molecule has 130 valence electrons. The van der Waals surface area contributed by atoms with E-state index in [0.29, 0.717) is 6.07 Å².